The fourth-order valence-electron chi connectivity index (χ4n) is 11.5. The fraction of sp³-hybridized carbons (Fsp3) is 0.847. The average Bonchev–Trinajstić information content (AvgIpc) is 2.53. The topological polar surface area (TPSA) is 228 Å². The van der Waals surface area contributed by atoms with E-state index in [1.807, 2.05) is 6.08 Å². The van der Waals surface area contributed by atoms with Gasteiger partial charge in [0, 0.05) is 6.42 Å². The molecule has 0 bridgehead atoms. The van der Waals surface area contributed by atoms with Crippen LogP contribution in [-0.2, 0) is 23.7 Å². The van der Waals surface area contributed by atoms with E-state index in [2.05, 4.69) is 67.8 Å². The van der Waals surface area contributed by atoms with Gasteiger partial charge in [-0.3, -0.25) is 4.79 Å². The van der Waals surface area contributed by atoms with Gasteiger partial charge in [0.15, 0.2) is 12.6 Å². The fourth-order valence-corrected chi connectivity index (χ4v) is 11.5. The zero-order valence-electron chi connectivity index (χ0n) is 54.6. The number of aliphatic hydroxyl groups is 8. The molecular formula is C72H131NO13. The lowest BCUT2D eigenvalue weighted by Gasteiger charge is -2.46. The lowest BCUT2D eigenvalue weighted by molar-refractivity contribution is -0.359. The zero-order chi connectivity index (χ0) is 62.3. The summed E-state index contributed by atoms with van der Waals surface area (Å²) in [6, 6.07) is -0.941. The molecule has 0 aromatic heterocycles. The van der Waals surface area contributed by atoms with Gasteiger partial charge in [-0.2, -0.15) is 0 Å². The van der Waals surface area contributed by atoms with Crippen LogP contribution in [0.4, 0.5) is 0 Å². The van der Waals surface area contributed by atoms with Gasteiger partial charge in [-0.05, 0) is 77.0 Å². The van der Waals surface area contributed by atoms with Gasteiger partial charge >= 0.3 is 0 Å². The molecule has 14 nitrogen and oxygen atoms in total. The van der Waals surface area contributed by atoms with E-state index in [4.69, 9.17) is 18.9 Å². The van der Waals surface area contributed by atoms with Crippen molar-refractivity contribution in [3.05, 3.63) is 60.8 Å². The van der Waals surface area contributed by atoms with Crippen LogP contribution in [0.5, 0.6) is 0 Å². The Morgan fingerprint density at radius 3 is 1.21 bits per heavy atom. The SMILES string of the molecule is CCCCCCC/C=C\C/C=C\CCCCCCCCCCCCCCCCCC(=O)NC(COC1OC(CO)C(OC2OC(CO)C(O)C(O)C2O)C(O)C1O)C(O)/C=C/CC/C=C/CC/C=C/CCCCCCCCCCCCCCCCC. The molecule has 2 aliphatic heterocycles. The summed E-state index contributed by atoms with van der Waals surface area (Å²) >= 11 is 0. The summed E-state index contributed by atoms with van der Waals surface area (Å²) in [5, 5.41) is 87.4. The Kier molecular flexibility index (Phi) is 52.6. The monoisotopic (exact) mass is 1220 g/mol. The van der Waals surface area contributed by atoms with Crippen LogP contribution in [0.1, 0.15) is 296 Å². The summed E-state index contributed by atoms with van der Waals surface area (Å²) in [4.78, 5) is 13.3. The number of allylic oxidation sites excluding steroid dienone is 9. The smallest absolute Gasteiger partial charge is 0.220 e. The number of rotatable bonds is 58. The minimum atomic E-state index is -1.79. The van der Waals surface area contributed by atoms with E-state index in [9.17, 15) is 45.6 Å². The zero-order valence-corrected chi connectivity index (χ0v) is 54.6. The van der Waals surface area contributed by atoms with Crippen molar-refractivity contribution < 1.29 is 64.6 Å². The molecule has 0 aromatic carbocycles. The molecule has 12 atom stereocenters. The molecule has 2 heterocycles. The number of carbonyl (C=O) groups excluding carboxylic acids is 1. The van der Waals surface area contributed by atoms with Crippen LogP contribution >= 0.6 is 0 Å². The highest BCUT2D eigenvalue weighted by atomic mass is 16.7. The lowest BCUT2D eigenvalue weighted by atomic mass is 9.97. The average molecular weight is 1220 g/mol. The van der Waals surface area contributed by atoms with Gasteiger partial charge in [-0.15, -0.1) is 0 Å². The summed E-state index contributed by atoms with van der Waals surface area (Å²) in [6.07, 6.45) is 58.5. The van der Waals surface area contributed by atoms with E-state index in [1.165, 1.54) is 212 Å². The lowest BCUT2D eigenvalue weighted by Crippen LogP contribution is -2.65. The number of ether oxygens (including phenoxy) is 4. The summed E-state index contributed by atoms with van der Waals surface area (Å²) in [7, 11) is 0. The maximum absolute atomic E-state index is 13.3. The van der Waals surface area contributed by atoms with Gasteiger partial charge in [0.2, 0.25) is 5.91 Å². The van der Waals surface area contributed by atoms with E-state index in [0.29, 0.717) is 12.8 Å². The first-order valence-electron chi connectivity index (χ1n) is 35.5. The molecule has 0 spiro atoms. The van der Waals surface area contributed by atoms with Crippen LogP contribution in [0, 0.1) is 0 Å². The van der Waals surface area contributed by atoms with Gasteiger partial charge in [0.05, 0.1) is 32.0 Å². The Morgan fingerprint density at radius 1 is 0.419 bits per heavy atom. The Bertz CT molecular complexity index is 1670. The van der Waals surface area contributed by atoms with E-state index >= 15 is 0 Å². The van der Waals surface area contributed by atoms with Gasteiger partial charge in [0.25, 0.3) is 0 Å². The van der Waals surface area contributed by atoms with Crippen molar-refractivity contribution in [1.82, 2.24) is 5.32 Å². The van der Waals surface area contributed by atoms with E-state index in [-0.39, 0.29) is 18.9 Å². The van der Waals surface area contributed by atoms with E-state index < -0.39 is 86.8 Å². The summed E-state index contributed by atoms with van der Waals surface area (Å²) in [6.45, 7) is 2.80. The first-order valence-corrected chi connectivity index (χ1v) is 35.5. The Hall–Kier alpha value is -2.31. The molecule has 0 aromatic rings. The number of carbonyl (C=O) groups is 1. The van der Waals surface area contributed by atoms with Gasteiger partial charge < -0.3 is 65.1 Å². The number of nitrogens with one attached hydrogen (secondary N) is 1. The number of hydrogen-bond donors (Lipinski definition) is 9. The molecule has 2 rings (SSSR count). The summed E-state index contributed by atoms with van der Waals surface area (Å²) in [5.74, 6) is -0.251. The number of aliphatic hydroxyl groups excluding tert-OH is 8. The maximum atomic E-state index is 13.3. The minimum absolute atomic E-state index is 0.251. The second-order valence-electron chi connectivity index (χ2n) is 25.0. The molecular weight excluding hydrogens is 1090 g/mol. The van der Waals surface area contributed by atoms with Crippen LogP contribution in [0.15, 0.2) is 60.8 Å². The van der Waals surface area contributed by atoms with Crippen LogP contribution in [0.2, 0.25) is 0 Å². The largest absolute Gasteiger partial charge is 0.394 e. The normalized spacial score (nSPS) is 23.7. The molecule has 502 valence electrons. The van der Waals surface area contributed by atoms with Crippen molar-refractivity contribution in [2.24, 2.45) is 0 Å². The number of unbranched alkanes of at least 4 members (excludes halogenated alkanes) is 37. The van der Waals surface area contributed by atoms with Crippen molar-refractivity contribution in [2.45, 2.75) is 370 Å². The molecule has 86 heavy (non-hydrogen) atoms. The van der Waals surface area contributed by atoms with E-state index in [1.54, 1.807) is 6.08 Å². The third-order valence-electron chi connectivity index (χ3n) is 17.2. The van der Waals surface area contributed by atoms with Crippen LogP contribution in [-0.4, -0.2) is 140 Å². The molecule has 2 saturated heterocycles. The highest BCUT2D eigenvalue weighted by Crippen LogP contribution is 2.30. The third-order valence-corrected chi connectivity index (χ3v) is 17.2. The highest BCUT2D eigenvalue weighted by Gasteiger charge is 2.51. The first kappa shape index (κ1) is 79.8. The third kappa shape index (κ3) is 40.4. The molecule has 2 aliphatic rings. The van der Waals surface area contributed by atoms with Crippen LogP contribution in [0.25, 0.3) is 0 Å². The number of hydrogen-bond acceptors (Lipinski definition) is 13. The number of amides is 1. The maximum Gasteiger partial charge on any atom is 0.220 e. The minimum Gasteiger partial charge on any atom is -0.394 e. The molecule has 1 amide bonds. The molecule has 2 fully saturated rings. The van der Waals surface area contributed by atoms with Gasteiger partial charge in [-0.1, -0.05) is 274 Å². The van der Waals surface area contributed by atoms with Crippen molar-refractivity contribution in [2.75, 3.05) is 19.8 Å². The quantitative estimate of drug-likeness (QED) is 0.0204. The summed E-state index contributed by atoms with van der Waals surface area (Å²) in [5.41, 5.74) is 0. The van der Waals surface area contributed by atoms with Crippen molar-refractivity contribution in [3.63, 3.8) is 0 Å². The van der Waals surface area contributed by atoms with Crippen LogP contribution in [0.3, 0.4) is 0 Å². The molecule has 12 unspecified atom stereocenters. The molecule has 0 aliphatic carbocycles. The first-order chi connectivity index (χ1) is 42.1. The van der Waals surface area contributed by atoms with Gasteiger partial charge in [-0.25, -0.2) is 0 Å². The van der Waals surface area contributed by atoms with Crippen LogP contribution < -0.4 is 5.32 Å². The van der Waals surface area contributed by atoms with Crippen molar-refractivity contribution >= 4 is 5.91 Å². The molecule has 9 N–H and O–H groups in total. The summed E-state index contributed by atoms with van der Waals surface area (Å²) < 4.78 is 22.8. The predicted octanol–water partition coefficient (Wildman–Crippen LogP) is 14.5. The Balaban J connectivity index is 1.70. The van der Waals surface area contributed by atoms with E-state index in [0.717, 1.165) is 51.4 Å². The molecule has 0 saturated carbocycles. The second-order valence-corrected chi connectivity index (χ2v) is 25.0. The highest BCUT2D eigenvalue weighted by molar-refractivity contribution is 5.76. The molecule has 14 heteroatoms. The van der Waals surface area contributed by atoms with Gasteiger partial charge in [0.1, 0.15) is 48.8 Å². The second kappa shape index (κ2) is 56.7. The Labute approximate surface area is 524 Å². The van der Waals surface area contributed by atoms with Crippen molar-refractivity contribution in [1.29, 1.82) is 0 Å². The molecule has 0 radical (unpaired) electrons. The predicted molar refractivity (Wildman–Crippen MR) is 350 cm³/mol. The van der Waals surface area contributed by atoms with Crippen molar-refractivity contribution in [3.8, 4) is 0 Å². The standard InChI is InChI=1S/C72H131NO13/c1-3-5-7-9-11-13-15-17-19-21-23-25-27-29-30-32-34-36-38-40-42-44-46-48-50-52-54-56-64(77)73-60(59-83-71-69(82)67(80)70(63(58-75)85-71)86-72-68(81)66(79)65(78)62(57-74)84-72)61(76)55-53-51-49-47-45-43-41-39-37-35-33-31-28-26-24-22-20-18-16-14-12-10-8-6-4-2/h15,17,21,23,37,39,45,47,53,55,60-63,65-72,74-76,78-82H,3-14,16,18-20,22,24-36,38,40-44,46,48-52,54,56-59H2,1-2H3,(H,73,77)/b17-15-,23-21-,39-37+,47-45+,55-53+. The Morgan fingerprint density at radius 2 is 0.779 bits per heavy atom.